The Morgan fingerprint density at radius 3 is 2.38 bits per heavy atom. The van der Waals surface area contributed by atoms with Crippen LogP contribution in [0.15, 0.2) is 58.9 Å². The van der Waals surface area contributed by atoms with E-state index in [0.717, 1.165) is 16.3 Å². The maximum Gasteiger partial charge on any atom is 0.322 e. The third-order valence-corrected chi connectivity index (χ3v) is 7.73. The number of thiazole rings is 1. The van der Waals surface area contributed by atoms with Gasteiger partial charge in [-0.3, -0.25) is 4.79 Å². The molecule has 4 aromatic rings. The summed E-state index contributed by atoms with van der Waals surface area (Å²) in [5, 5.41) is 23.8. The van der Waals surface area contributed by atoms with Crippen LogP contribution in [0, 0.1) is 22.7 Å². The Morgan fingerprint density at radius 2 is 1.73 bits per heavy atom. The number of carbonyl (C=O) groups is 1. The van der Waals surface area contributed by atoms with Gasteiger partial charge in [0.2, 0.25) is 0 Å². The quantitative estimate of drug-likeness (QED) is 0.139. The van der Waals surface area contributed by atoms with Crippen LogP contribution < -0.4 is 16.2 Å². The molecule has 12 heteroatoms. The van der Waals surface area contributed by atoms with Gasteiger partial charge in [0.1, 0.15) is 58.6 Å². The number of hydrogen-bond acceptors (Lipinski definition) is 11. The minimum atomic E-state index is -0.702. The van der Waals surface area contributed by atoms with Crippen LogP contribution in [-0.4, -0.2) is 35.2 Å². The maximum absolute atomic E-state index is 11.4. The van der Waals surface area contributed by atoms with Gasteiger partial charge < -0.3 is 20.9 Å². The van der Waals surface area contributed by atoms with Crippen molar-refractivity contribution < 1.29 is 14.3 Å². The molecule has 0 saturated heterocycles. The molecule has 0 fully saturated rings. The zero-order chi connectivity index (χ0) is 28.6. The summed E-state index contributed by atoms with van der Waals surface area (Å²) < 4.78 is 10.6. The highest BCUT2D eigenvalue weighted by Crippen LogP contribution is 2.37. The van der Waals surface area contributed by atoms with E-state index < -0.39 is 12.0 Å². The molecular formula is C28H23ClN6O3S2. The van der Waals surface area contributed by atoms with Gasteiger partial charge in [-0.2, -0.15) is 10.5 Å². The Bertz CT molecular complexity index is 1590. The van der Waals surface area contributed by atoms with Gasteiger partial charge >= 0.3 is 5.97 Å². The summed E-state index contributed by atoms with van der Waals surface area (Å²) in [7, 11) is 0. The number of thioether (sulfide) groups is 1. The number of benzene rings is 2. The molecule has 1 atom stereocenters. The molecule has 0 spiro atoms. The summed E-state index contributed by atoms with van der Waals surface area (Å²) in [5.74, 6) is 0.508. The molecule has 0 amide bonds. The second kappa shape index (κ2) is 13.3. The number of carbonyl (C=O) groups excluding carboxylic acids is 1. The Kier molecular flexibility index (Phi) is 9.59. The topological polar surface area (TPSA) is 161 Å². The molecule has 0 radical (unpaired) electrons. The number of nitrogen functional groups attached to an aromatic ring is 1. The second-order valence-corrected chi connectivity index (χ2v) is 10.7. The van der Waals surface area contributed by atoms with Gasteiger partial charge in [0.15, 0.2) is 0 Å². The van der Waals surface area contributed by atoms with Crippen LogP contribution in [-0.2, 0) is 15.3 Å². The first-order valence-electron chi connectivity index (χ1n) is 11.9. The van der Waals surface area contributed by atoms with Crippen LogP contribution in [0.2, 0.25) is 5.02 Å². The van der Waals surface area contributed by atoms with E-state index >= 15 is 0 Å². The zero-order valence-electron chi connectivity index (χ0n) is 21.3. The summed E-state index contributed by atoms with van der Waals surface area (Å²) in [4.78, 5) is 20.5. The van der Waals surface area contributed by atoms with E-state index in [1.54, 1.807) is 31.2 Å². The van der Waals surface area contributed by atoms with Crippen LogP contribution >= 0.6 is 34.7 Å². The van der Waals surface area contributed by atoms with E-state index in [0.29, 0.717) is 32.7 Å². The molecule has 202 valence electrons. The number of hydrogen-bond donors (Lipinski definition) is 2. The molecule has 0 unspecified atom stereocenters. The number of nitrogens with zero attached hydrogens (tertiary/aromatic N) is 4. The average molecular weight is 591 g/mol. The molecule has 0 saturated carbocycles. The molecule has 4 rings (SSSR count). The third kappa shape index (κ3) is 6.89. The lowest BCUT2D eigenvalue weighted by Crippen LogP contribution is -2.29. The molecule has 0 bridgehead atoms. The van der Waals surface area contributed by atoms with E-state index in [9.17, 15) is 15.3 Å². The van der Waals surface area contributed by atoms with Gasteiger partial charge in [-0.1, -0.05) is 47.6 Å². The molecule has 2 heterocycles. The highest BCUT2D eigenvalue weighted by Gasteiger charge is 2.21. The summed E-state index contributed by atoms with van der Waals surface area (Å²) in [6.07, 6.45) is 0. The largest absolute Gasteiger partial charge is 0.490 e. The van der Waals surface area contributed by atoms with Gasteiger partial charge in [0.05, 0.1) is 11.3 Å². The first-order valence-corrected chi connectivity index (χ1v) is 14.2. The van der Waals surface area contributed by atoms with E-state index in [1.807, 2.05) is 29.6 Å². The number of esters is 1. The third-order valence-electron chi connectivity index (χ3n) is 5.53. The SMILES string of the molecule is C[C@@H](N)C(=O)OCCOc1ccc(-c2c(C#N)c(N)nc(SCc3csc(-c4ccc(Cl)cc4)n3)c2C#N)cc1. The van der Waals surface area contributed by atoms with Gasteiger partial charge in [-0.15, -0.1) is 11.3 Å². The number of pyridine rings is 1. The molecule has 2 aromatic heterocycles. The van der Waals surface area contributed by atoms with Crippen molar-refractivity contribution in [2.24, 2.45) is 5.73 Å². The predicted molar refractivity (Wildman–Crippen MR) is 156 cm³/mol. The fraction of sp³-hybridized carbons (Fsp3) is 0.179. The van der Waals surface area contributed by atoms with Gasteiger partial charge in [-0.05, 0) is 36.8 Å². The monoisotopic (exact) mass is 590 g/mol. The Labute approximate surface area is 244 Å². The van der Waals surface area contributed by atoms with E-state index in [-0.39, 0.29) is 30.2 Å². The maximum atomic E-state index is 11.4. The van der Waals surface area contributed by atoms with E-state index in [1.165, 1.54) is 23.1 Å². The highest BCUT2D eigenvalue weighted by atomic mass is 35.5. The van der Waals surface area contributed by atoms with Crippen LogP contribution in [0.3, 0.4) is 0 Å². The van der Waals surface area contributed by atoms with Crippen molar-refractivity contribution in [1.82, 2.24) is 9.97 Å². The number of aromatic nitrogens is 2. The second-order valence-electron chi connectivity index (χ2n) is 8.42. The Morgan fingerprint density at radius 1 is 1.05 bits per heavy atom. The van der Waals surface area contributed by atoms with Gasteiger partial charge in [0, 0.05) is 27.3 Å². The number of anilines is 1. The van der Waals surface area contributed by atoms with Gasteiger partial charge in [0.25, 0.3) is 0 Å². The van der Waals surface area contributed by atoms with Crippen LogP contribution in [0.25, 0.3) is 21.7 Å². The minimum absolute atomic E-state index is 0.0374. The van der Waals surface area contributed by atoms with Crippen LogP contribution in [0.4, 0.5) is 5.82 Å². The molecule has 0 aliphatic carbocycles. The van der Waals surface area contributed by atoms with Crippen molar-refractivity contribution in [3.8, 4) is 39.6 Å². The molecule has 40 heavy (non-hydrogen) atoms. The lowest BCUT2D eigenvalue weighted by molar-refractivity contribution is -0.145. The molecular weight excluding hydrogens is 568 g/mol. The summed E-state index contributed by atoms with van der Waals surface area (Å²) >= 11 is 8.82. The Balaban J connectivity index is 1.52. The van der Waals surface area contributed by atoms with Gasteiger partial charge in [-0.25, -0.2) is 9.97 Å². The van der Waals surface area contributed by atoms with Crippen molar-refractivity contribution in [1.29, 1.82) is 10.5 Å². The van der Waals surface area contributed by atoms with Crippen molar-refractivity contribution in [2.75, 3.05) is 18.9 Å². The normalized spacial score (nSPS) is 11.3. The average Bonchev–Trinajstić information content (AvgIpc) is 3.43. The lowest BCUT2D eigenvalue weighted by atomic mass is 9.97. The molecule has 2 aromatic carbocycles. The first-order chi connectivity index (χ1) is 19.3. The Hall–Kier alpha value is -4.13. The minimum Gasteiger partial charge on any atom is -0.490 e. The van der Waals surface area contributed by atoms with E-state index in [2.05, 4.69) is 22.1 Å². The predicted octanol–water partition coefficient (Wildman–Crippen LogP) is 5.41. The number of nitrogens with two attached hydrogens (primary N) is 2. The molecule has 9 nitrogen and oxygen atoms in total. The number of ether oxygens (including phenoxy) is 2. The standard InChI is InChI=1S/C28H23ClN6O3S2/c1-16(32)28(36)38-11-10-37-21-8-4-17(5-9-21)24-22(12-30)25(33)35-27(23(24)13-31)40-15-20-14-39-26(34-20)18-2-6-19(29)7-3-18/h2-9,14,16H,10-11,15,32H2,1H3,(H2,33,35)/t16-/m1/s1. The number of nitriles is 2. The zero-order valence-corrected chi connectivity index (χ0v) is 23.6. The van der Waals surface area contributed by atoms with Crippen molar-refractivity contribution in [3.63, 3.8) is 0 Å². The summed E-state index contributed by atoms with van der Waals surface area (Å²) in [6, 6.07) is 17.9. The van der Waals surface area contributed by atoms with E-state index in [4.69, 9.17) is 32.5 Å². The smallest absolute Gasteiger partial charge is 0.322 e. The fourth-order valence-corrected chi connectivity index (χ4v) is 5.53. The van der Waals surface area contributed by atoms with Crippen LogP contribution in [0.5, 0.6) is 5.75 Å². The van der Waals surface area contributed by atoms with Crippen molar-refractivity contribution in [2.45, 2.75) is 23.7 Å². The summed E-state index contributed by atoms with van der Waals surface area (Å²) in [5.41, 5.74) is 14.8. The molecule has 4 N–H and O–H groups in total. The lowest BCUT2D eigenvalue weighted by Gasteiger charge is -2.13. The highest BCUT2D eigenvalue weighted by molar-refractivity contribution is 7.98. The van der Waals surface area contributed by atoms with Crippen LogP contribution in [0.1, 0.15) is 23.7 Å². The summed E-state index contributed by atoms with van der Waals surface area (Å²) in [6.45, 7) is 1.74. The van der Waals surface area contributed by atoms with Crippen molar-refractivity contribution in [3.05, 3.63) is 75.8 Å². The number of rotatable bonds is 10. The number of halogens is 1. The van der Waals surface area contributed by atoms with Crippen molar-refractivity contribution >= 4 is 46.5 Å². The molecule has 0 aliphatic heterocycles. The first kappa shape index (κ1) is 28.9. The fourth-order valence-electron chi connectivity index (χ4n) is 3.58. The molecule has 0 aliphatic rings.